The maximum absolute atomic E-state index is 6.07. The van der Waals surface area contributed by atoms with E-state index < -0.39 is 0 Å². The van der Waals surface area contributed by atoms with Gasteiger partial charge in [0.1, 0.15) is 31.1 Å². The third-order valence-electron chi connectivity index (χ3n) is 7.94. The van der Waals surface area contributed by atoms with Crippen molar-refractivity contribution in [3.63, 3.8) is 0 Å². The van der Waals surface area contributed by atoms with E-state index in [0.717, 1.165) is 79.4 Å². The molecule has 0 aromatic heterocycles. The van der Waals surface area contributed by atoms with Crippen LogP contribution in [0.3, 0.4) is 0 Å². The van der Waals surface area contributed by atoms with Gasteiger partial charge in [0.25, 0.3) is 0 Å². The van der Waals surface area contributed by atoms with E-state index in [1.807, 2.05) is 48.5 Å². The van der Waals surface area contributed by atoms with E-state index in [9.17, 15) is 0 Å². The molecule has 2 aromatic rings. The molecule has 0 spiro atoms. The Bertz CT molecular complexity index is 1010. The Kier molecular flexibility index (Phi) is 27.8. The quantitative estimate of drug-likeness (QED) is 0.0638. The summed E-state index contributed by atoms with van der Waals surface area (Å²) in [7, 11) is 5.06. The highest BCUT2D eigenvalue weighted by Crippen LogP contribution is 2.23. The Morgan fingerprint density at radius 1 is 0.449 bits per heavy atom. The molecular weight excluding hydrogens is 650 g/mol. The van der Waals surface area contributed by atoms with Crippen molar-refractivity contribution in [1.82, 2.24) is 0 Å². The number of rotatable bonds is 32. The molecule has 0 heterocycles. The van der Waals surface area contributed by atoms with Gasteiger partial charge in [-0.1, -0.05) is 26.2 Å². The molecule has 2 rings (SSSR count). The molecular formula is C37H62ClN3O8. The summed E-state index contributed by atoms with van der Waals surface area (Å²) in [6.45, 7) is 12.7. The van der Waals surface area contributed by atoms with Gasteiger partial charge in [0.15, 0.2) is 0 Å². The molecule has 0 fully saturated rings. The van der Waals surface area contributed by atoms with Crippen molar-refractivity contribution < 1.29 is 54.8 Å². The maximum Gasteiger partial charge on any atom is 0.119 e. The largest absolute Gasteiger partial charge is 1.00 e. The van der Waals surface area contributed by atoms with Gasteiger partial charge in [-0.2, -0.15) is 10.2 Å². The van der Waals surface area contributed by atoms with E-state index in [1.54, 1.807) is 21.3 Å². The summed E-state index contributed by atoms with van der Waals surface area (Å²) in [5.74, 6) is 1.68. The lowest BCUT2D eigenvalue weighted by Gasteiger charge is -2.39. The minimum Gasteiger partial charge on any atom is -1.00 e. The summed E-state index contributed by atoms with van der Waals surface area (Å²) in [6, 6.07) is 15.5. The fraction of sp³-hybridized carbons (Fsp3) is 0.676. The first-order chi connectivity index (χ1) is 23.6. The van der Waals surface area contributed by atoms with Crippen molar-refractivity contribution in [2.24, 2.45) is 10.2 Å². The number of hydrogen-bond acceptors (Lipinski definition) is 10. The molecule has 0 radical (unpaired) electrons. The molecule has 0 aliphatic rings. The van der Waals surface area contributed by atoms with Crippen molar-refractivity contribution in [2.45, 2.75) is 45.4 Å². The van der Waals surface area contributed by atoms with E-state index in [-0.39, 0.29) is 12.4 Å². The zero-order valence-electron chi connectivity index (χ0n) is 30.5. The highest BCUT2D eigenvalue weighted by molar-refractivity contribution is 5.44. The van der Waals surface area contributed by atoms with E-state index >= 15 is 0 Å². The Morgan fingerprint density at radius 2 is 0.857 bits per heavy atom. The van der Waals surface area contributed by atoms with Crippen LogP contribution in [0.2, 0.25) is 0 Å². The smallest absolute Gasteiger partial charge is 0.119 e. The standard InChI is InChI=1S/C37H62N3O8.ClH/c1-5-6-7-9-23-47-36-15-11-34(12-16-36)38-39-35-13-17-37(18-14-35)48-24-10-8-19-40(20-25-44-31-28-41-2,21-26-45-32-29-42-3)22-27-46-33-30-43-4;/h11-18H,5-10,19-33H2,1-4H3;1H/q+1;/p-1. The van der Waals surface area contributed by atoms with Crippen LogP contribution in [0.1, 0.15) is 45.4 Å². The molecule has 0 aliphatic heterocycles. The second-order valence-corrected chi connectivity index (χ2v) is 11.7. The molecule has 0 saturated carbocycles. The number of nitrogens with zero attached hydrogens (tertiary/aromatic N) is 3. The number of quaternary nitrogens is 1. The van der Waals surface area contributed by atoms with Crippen LogP contribution in [0.5, 0.6) is 11.5 Å². The average Bonchev–Trinajstić information content (AvgIpc) is 3.11. The van der Waals surface area contributed by atoms with E-state index in [1.165, 1.54) is 19.3 Å². The lowest BCUT2D eigenvalue weighted by atomic mass is 10.2. The summed E-state index contributed by atoms with van der Waals surface area (Å²) in [5, 5.41) is 8.74. The van der Waals surface area contributed by atoms with Crippen molar-refractivity contribution in [3.05, 3.63) is 48.5 Å². The summed E-state index contributed by atoms with van der Waals surface area (Å²) in [5.41, 5.74) is 1.56. The van der Waals surface area contributed by atoms with Crippen molar-refractivity contribution in [1.29, 1.82) is 0 Å². The van der Waals surface area contributed by atoms with Crippen molar-refractivity contribution in [2.75, 3.05) is 120 Å². The normalized spacial score (nSPS) is 11.6. The van der Waals surface area contributed by atoms with Crippen LogP contribution < -0.4 is 21.9 Å². The first-order valence-corrected chi connectivity index (χ1v) is 17.6. The van der Waals surface area contributed by atoms with Gasteiger partial charge >= 0.3 is 0 Å². The summed E-state index contributed by atoms with van der Waals surface area (Å²) < 4.78 is 45.8. The van der Waals surface area contributed by atoms with Gasteiger partial charge in [-0.25, -0.2) is 0 Å². The Morgan fingerprint density at radius 3 is 1.24 bits per heavy atom. The molecule has 0 N–H and O–H groups in total. The first kappa shape index (κ1) is 44.7. The van der Waals surface area contributed by atoms with Gasteiger partial charge in [-0.15, -0.1) is 0 Å². The molecule has 0 saturated heterocycles. The SMILES string of the molecule is CCCCCCOc1ccc(N=Nc2ccc(OCCCC[N+](CCOCCOC)(CCOCCOC)CCOCCOC)cc2)cc1.[Cl-]. The molecule has 280 valence electrons. The predicted molar refractivity (Wildman–Crippen MR) is 189 cm³/mol. The summed E-state index contributed by atoms with van der Waals surface area (Å²) >= 11 is 0. The first-order valence-electron chi connectivity index (χ1n) is 17.6. The van der Waals surface area contributed by atoms with Crippen LogP contribution in [-0.2, 0) is 28.4 Å². The lowest BCUT2D eigenvalue weighted by molar-refractivity contribution is -0.929. The number of ether oxygens (including phenoxy) is 8. The topological polar surface area (TPSA) is 98.6 Å². The van der Waals surface area contributed by atoms with E-state index in [2.05, 4.69) is 17.2 Å². The second-order valence-electron chi connectivity index (χ2n) is 11.7. The second kappa shape index (κ2) is 30.5. The third kappa shape index (κ3) is 22.2. The van der Waals surface area contributed by atoms with E-state index in [0.29, 0.717) is 66.1 Å². The Balaban J connectivity index is 0.0000120. The number of halogens is 1. The molecule has 0 bridgehead atoms. The number of unbranched alkanes of at least 4 members (excludes halogenated alkanes) is 4. The van der Waals surface area contributed by atoms with Crippen LogP contribution in [0.15, 0.2) is 58.8 Å². The maximum atomic E-state index is 6.07. The monoisotopic (exact) mass is 711 g/mol. The lowest BCUT2D eigenvalue weighted by Crippen LogP contribution is -3.00. The Hall–Kier alpha value is -2.35. The summed E-state index contributed by atoms with van der Waals surface area (Å²) in [4.78, 5) is 0. The van der Waals surface area contributed by atoms with Gasteiger partial charge in [0.05, 0.1) is 90.6 Å². The zero-order valence-corrected chi connectivity index (χ0v) is 31.2. The molecule has 0 amide bonds. The van der Waals surface area contributed by atoms with Crippen LogP contribution in [0.4, 0.5) is 11.4 Å². The number of hydrogen-bond donors (Lipinski definition) is 0. The van der Waals surface area contributed by atoms with Gasteiger partial charge in [-0.3, -0.25) is 0 Å². The van der Waals surface area contributed by atoms with Crippen LogP contribution in [0.25, 0.3) is 0 Å². The van der Waals surface area contributed by atoms with Crippen LogP contribution >= 0.6 is 0 Å². The molecule has 0 atom stereocenters. The summed E-state index contributed by atoms with van der Waals surface area (Å²) in [6.07, 6.45) is 6.70. The molecule has 11 nitrogen and oxygen atoms in total. The molecule has 2 aromatic carbocycles. The molecule has 0 aliphatic carbocycles. The fourth-order valence-corrected chi connectivity index (χ4v) is 4.97. The minimum absolute atomic E-state index is 0. The number of azo groups is 1. The molecule has 12 heteroatoms. The van der Waals surface area contributed by atoms with E-state index in [4.69, 9.17) is 37.9 Å². The predicted octanol–water partition coefficient (Wildman–Crippen LogP) is 4.03. The molecule has 0 unspecified atom stereocenters. The number of methoxy groups -OCH3 is 3. The third-order valence-corrected chi connectivity index (χ3v) is 7.94. The fourth-order valence-electron chi connectivity index (χ4n) is 4.97. The van der Waals surface area contributed by atoms with Crippen molar-refractivity contribution >= 4 is 11.4 Å². The van der Waals surface area contributed by atoms with Crippen LogP contribution in [0, 0.1) is 0 Å². The highest BCUT2D eigenvalue weighted by atomic mass is 35.5. The van der Waals surface area contributed by atoms with Crippen LogP contribution in [-0.4, -0.2) is 125 Å². The average molecular weight is 712 g/mol. The zero-order chi connectivity index (χ0) is 34.4. The highest BCUT2D eigenvalue weighted by Gasteiger charge is 2.27. The Labute approximate surface area is 301 Å². The van der Waals surface area contributed by atoms with Gasteiger partial charge in [0.2, 0.25) is 0 Å². The van der Waals surface area contributed by atoms with Gasteiger partial charge in [-0.05, 0) is 67.8 Å². The van der Waals surface area contributed by atoms with Gasteiger partial charge in [0, 0.05) is 21.3 Å². The number of benzene rings is 2. The van der Waals surface area contributed by atoms with Crippen molar-refractivity contribution in [3.8, 4) is 11.5 Å². The molecule has 49 heavy (non-hydrogen) atoms. The van der Waals surface area contributed by atoms with Gasteiger partial charge < -0.3 is 54.8 Å². The minimum atomic E-state index is 0.